The SMILES string of the molecule is O=C(c1ccc(N2CCCN(c3ccc(F)cc3)CC2)nc1)N1CCc2ccccc21. The van der Waals surface area contributed by atoms with Gasteiger partial charge >= 0.3 is 0 Å². The molecule has 0 spiro atoms. The van der Waals surface area contributed by atoms with Crippen LogP contribution in [0.5, 0.6) is 0 Å². The maximum Gasteiger partial charge on any atom is 0.259 e. The van der Waals surface area contributed by atoms with Gasteiger partial charge in [-0.25, -0.2) is 9.37 Å². The molecule has 0 saturated carbocycles. The fourth-order valence-electron chi connectivity index (χ4n) is 4.46. The van der Waals surface area contributed by atoms with Crippen LogP contribution in [0.3, 0.4) is 0 Å². The molecule has 1 amide bonds. The van der Waals surface area contributed by atoms with E-state index in [9.17, 15) is 9.18 Å². The van der Waals surface area contributed by atoms with E-state index in [1.54, 1.807) is 6.20 Å². The molecule has 0 aliphatic carbocycles. The van der Waals surface area contributed by atoms with Crippen LogP contribution in [0.15, 0.2) is 66.9 Å². The summed E-state index contributed by atoms with van der Waals surface area (Å²) in [4.78, 5) is 24.0. The van der Waals surface area contributed by atoms with E-state index in [1.165, 1.54) is 17.7 Å². The zero-order valence-electron chi connectivity index (χ0n) is 17.4. The number of carbonyl (C=O) groups excluding carboxylic acids is 1. The molecule has 0 N–H and O–H groups in total. The molecule has 158 valence electrons. The lowest BCUT2D eigenvalue weighted by Crippen LogP contribution is -2.31. The summed E-state index contributed by atoms with van der Waals surface area (Å²) in [6.07, 6.45) is 3.58. The molecule has 1 saturated heterocycles. The van der Waals surface area contributed by atoms with Gasteiger partial charge in [-0.05, 0) is 60.9 Å². The van der Waals surface area contributed by atoms with Crippen molar-refractivity contribution in [2.24, 2.45) is 0 Å². The number of nitrogens with zero attached hydrogens (tertiary/aromatic N) is 4. The van der Waals surface area contributed by atoms with Gasteiger partial charge in [0, 0.05) is 50.3 Å². The van der Waals surface area contributed by atoms with E-state index in [2.05, 4.69) is 20.9 Å². The number of amides is 1. The largest absolute Gasteiger partial charge is 0.370 e. The number of fused-ring (bicyclic) bond motifs is 1. The van der Waals surface area contributed by atoms with E-state index in [4.69, 9.17) is 0 Å². The van der Waals surface area contributed by atoms with Crippen LogP contribution in [0, 0.1) is 5.82 Å². The summed E-state index contributed by atoms with van der Waals surface area (Å²) in [6.45, 7) is 4.21. The Labute approximate surface area is 181 Å². The first kappa shape index (κ1) is 19.5. The van der Waals surface area contributed by atoms with Gasteiger partial charge in [-0.2, -0.15) is 0 Å². The van der Waals surface area contributed by atoms with E-state index in [0.29, 0.717) is 12.1 Å². The first-order valence-electron chi connectivity index (χ1n) is 10.8. The Balaban J connectivity index is 1.26. The highest BCUT2D eigenvalue weighted by molar-refractivity contribution is 6.07. The number of aromatic nitrogens is 1. The first-order chi connectivity index (χ1) is 15.2. The second-order valence-electron chi connectivity index (χ2n) is 8.04. The molecule has 3 aromatic rings. The van der Waals surface area contributed by atoms with Gasteiger partial charge in [0.05, 0.1) is 5.56 Å². The van der Waals surface area contributed by atoms with E-state index in [0.717, 1.165) is 56.2 Å². The maximum absolute atomic E-state index is 13.2. The highest BCUT2D eigenvalue weighted by atomic mass is 19.1. The van der Waals surface area contributed by atoms with Crippen LogP contribution in [-0.4, -0.2) is 43.6 Å². The highest BCUT2D eigenvalue weighted by Gasteiger charge is 2.25. The minimum Gasteiger partial charge on any atom is -0.370 e. The molecular weight excluding hydrogens is 391 g/mol. The molecule has 2 aliphatic heterocycles. The summed E-state index contributed by atoms with van der Waals surface area (Å²) < 4.78 is 13.2. The topological polar surface area (TPSA) is 39.7 Å². The van der Waals surface area contributed by atoms with Crippen LogP contribution in [-0.2, 0) is 6.42 Å². The van der Waals surface area contributed by atoms with Crippen LogP contribution in [0.2, 0.25) is 0 Å². The van der Waals surface area contributed by atoms with Gasteiger partial charge in [-0.15, -0.1) is 0 Å². The number of hydrogen-bond acceptors (Lipinski definition) is 4. The summed E-state index contributed by atoms with van der Waals surface area (Å²) in [5.41, 5.74) is 3.88. The number of hydrogen-bond donors (Lipinski definition) is 0. The van der Waals surface area contributed by atoms with Crippen molar-refractivity contribution in [1.29, 1.82) is 0 Å². The van der Waals surface area contributed by atoms with Gasteiger partial charge in [0.1, 0.15) is 11.6 Å². The van der Waals surface area contributed by atoms with Gasteiger partial charge in [0.15, 0.2) is 0 Å². The molecule has 1 fully saturated rings. The number of anilines is 3. The third kappa shape index (κ3) is 3.98. The number of para-hydroxylation sites is 1. The zero-order chi connectivity index (χ0) is 21.2. The fraction of sp³-hybridized carbons (Fsp3) is 0.280. The monoisotopic (exact) mass is 416 g/mol. The van der Waals surface area contributed by atoms with Crippen molar-refractivity contribution in [3.8, 4) is 0 Å². The predicted octanol–water partition coefficient (Wildman–Crippen LogP) is 4.14. The van der Waals surface area contributed by atoms with Crippen molar-refractivity contribution in [2.75, 3.05) is 47.4 Å². The molecule has 1 aromatic heterocycles. The lowest BCUT2D eigenvalue weighted by molar-refractivity contribution is 0.0989. The van der Waals surface area contributed by atoms with Gasteiger partial charge in [0.25, 0.3) is 5.91 Å². The summed E-state index contributed by atoms with van der Waals surface area (Å²) in [7, 11) is 0. The molecule has 5 nitrogen and oxygen atoms in total. The van der Waals surface area contributed by atoms with Gasteiger partial charge < -0.3 is 14.7 Å². The highest BCUT2D eigenvalue weighted by Crippen LogP contribution is 2.29. The number of carbonyl (C=O) groups is 1. The third-order valence-corrected chi connectivity index (χ3v) is 6.14. The average molecular weight is 417 g/mol. The van der Waals surface area contributed by atoms with Crippen LogP contribution >= 0.6 is 0 Å². The number of halogens is 1. The molecule has 31 heavy (non-hydrogen) atoms. The van der Waals surface area contributed by atoms with Gasteiger partial charge in [0.2, 0.25) is 0 Å². The van der Waals surface area contributed by atoms with E-state index < -0.39 is 0 Å². The molecule has 0 atom stereocenters. The summed E-state index contributed by atoms with van der Waals surface area (Å²) >= 11 is 0. The smallest absolute Gasteiger partial charge is 0.259 e. The summed E-state index contributed by atoms with van der Waals surface area (Å²) in [5, 5.41) is 0. The third-order valence-electron chi connectivity index (χ3n) is 6.14. The van der Waals surface area contributed by atoms with Crippen molar-refractivity contribution >= 4 is 23.1 Å². The standard InChI is InChI=1S/C25H25FN4O/c26-21-7-9-22(10-8-21)28-13-3-14-29(17-16-28)24-11-6-20(18-27-24)25(31)30-15-12-19-4-1-2-5-23(19)30/h1-2,4-11,18H,3,12-17H2. The second kappa shape index (κ2) is 8.38. The minimum atomic E-state index is -0.212. The molecule has 2 aromatic carbocycles. The number of benzene rings is 2. The van der Waals surface area contributed by atoms with E-state index in [1.807, 2.05) is 47.4 Å². The zero-order valence-corrected chi connectivity index (χ0v) is 17.4. The average Bonchev–Trinajstić information content (AvgIpc) is 3.09. The molecular formula is C25H25FN4O. The fourth-order valence-corrected chi connectivity index (χ4v) is 4.46. The first-order valence-corrected chi connectivity index (χ1v) is 10.8. The Hall–Kier alpha value is -3.41. The summed E-state index contributed by atoms with van der Waals surface area (Å²) in [6, 6.07) is 18.6. The van der Waals surface area contributed by atoms with Gasteiger partial charge in [-0.3, -0.25) is 4.79 Å². The lowest BCUT2D eigenvalue weighted by atomic mass is 10.2. The van der Waals surface area contributed by atoms with Crippen molar-refractivity contribution in [3.63, 3.8) is 0 Å². The van der Waals surface area contributed by atoms with Crippen molar-refractivity contribution in [3.05, 3.63) is 83.8 Å². The Morgan fingerprint density at radius 2 is 1.61 bits per heavy atom. The molecule has 0 unspecified atom stereocenters. The van der Waals surface area contributed by atoms with Gasteiger partial charge in [-0.1, -0.05) is 18.2 Å². The normalized spacial score (nSPS) is 16.2. The molecule has 5 rings (SSSR count). The second-order valence-corrected chi connectivity index (χ2v) is 8.04. The molecule has 6 heteroatoms. The predicted molar refractivity (Wildman–Crippen MR) is 122 cm³/mol. The minimum absolute atomic E-state index is 0.00218. The van der Waals surface area contributed by atoms with E-state index in [-0.39, 0.29) is 11.7 Å². The number of rotatable bonds is 3. The Bertz CT molecular complexity index is 1070. The Morgan fingerprint density at radius 3 is 2.42 bits per heavy atom. The molecule has 2 aliphatic rings. The van der Waals surface area contributed by atoms with Crippen molar-refractivity contribution < 1.29 is 9.18 Å². The van der Waals surface area contributed by atoms with Crippen LogP contribution in [0.4, 0.5) is 21.6 Å². The lowest BCUT2D eigenvalue weighted by Gasteiger charge is -2.24. The van der Waals surface area contributed by atoms with Crippen LogP contribution < -0.4 is 14.7 Å². The molecule has 3 heterocycles. The van der Waals surface area contributed by atoms with E-state index >= 15 is 0 Å². The molecule has 0 radical (unpaired) electrons. The van der Waals surface area contributed by atoms with Crippen molar-refractivity contribution in [2.45, 2.75) is 12.8 Å². The van der Waals surface area contributed by atoms with Crippen LogP contribution in [0.1, 0.15) is 22.3 Å². The Morgan fingerprint density at radius 1 is 0.839 bits per heavy atom. The van der Waals surface area contributed by atoms with Crippen molar-refractivity contribution in [1.82, 2.24) is 4.98 Å². The van der Waals surface area contributed by atoms with Crippen LogP contribution in [0.25, 0.3) is 0 Å². The summed E-state index contributed by atoms with van der Waals surface area (Å²) in [5.74, 6) is 0.679. The molecule has 0 bridgehead atoms. The Kier molecular flexibility index (Phi) is 5.28. The quantitative estimate of drug-likeness (QED) is 0.643. The number of pyridine rings is 1. The maximum atomic E-state index is 13.2.